The van der Waals surface area contributed by atoms with E-state index in [1.165, 1.54) is 22.5 Å². The highest BCUT2D eigenvalue weighted by molar-refractivity contribution is 7.88. The second-order valence-electron chi connectivity index (χ2n) is 25.3. The van der Waals surface area contributed by atoms with Crippen molar-refractivity contribution in [3.63, 3.8) is 0 Å². The molecule has 0 saturated carbocycles. The van der Waals surface area contributed by atoms with E-state index in [1.807, 2.05) is 81.7 Å². The first kappa shape index (κ1) is 60.0. The summed E-state index contributed by atoms with van der Waals surface area (Å²) in [7, 11) is -4.09. The number of halogens is 2. The van der Waals surface area contributed by atoms with Crippen molar-refractivity contribution in [2.45, 2.75) is 161 Å². The maximum absolute atomic E-state index is 16.4. The molecule has 3 aromatic carbocycles. The van der Waals surface area contributed by atoms with Crippen LogP contribution in [-0.2, 0) is 45.0 Å². The van der Waals surface area contributed by atoms with Crippen molar-refractivity contribution >= 4 is 96.9 Å². The lowest BCUT2D eigenvalue weighted by Gasteiger charge is -2.45. The number of hydrogen-bond acceptors (Lipinski definition) is 13. The summed E-state index contributed by atoms with van der Waals surface area (Å²) in [4.78, 5) is 81.3. The molecule has 4 aliphatic rings. The van der Waals surface area contributed by atoms with Gasteiger partial charge in [0.2, 0.25) is 21.8 Å². The van der Waals surface area contributed by atoms with Crippen molar-refractivity contribution in [2.24, 2.45) is 0 Å². The predicted octanol–water partition coefficient (Wildman–Crippen LogP) is 11.9. The van der Waals surface area contributed by atoms with Crippen LogP contribution in [0.4, 0.5) is 20.6 Å². The van der Waals surface area contributed by atoms with Crippen LogP contribution in [-0.4, -0.2) is 107 Å². The summed E-state index contributed by atoms with van der Waals surface area (Å²) in [6.07, 6.45) is 5.92. The number of anilines is 2. The number of amides is 4. The lowest BCUT2D eigenvalue weighted by molar-refractivity contribution is -0.157. The van der Waals surface area contributed by atoms with Crippen molar-refractivity contribution < 1.29 is 55.8 Å². The Hall–Kier alpha value is -6.61. The number of nitrogens with zero attached hydrogens (tertiary/aromatic N) is 3. The molecule has 0 spiro atoms. The third-order valence-corrected chi connectivity index (χ3v) is 18.8. The summed E-state index contributed by atoms with van der Waals surface area (Å²) >= 11 is 8.00. The molecule has 3 aliphatic heterocycles. The minimum atomic E-state index is -4.09. The first-order valence-corrected chi connectivity index (χ1v) is 30.5. The van der Waals surface area contributed by atoms with Gasteiger partial charge in [-0.05, 0) is 140 Å². The molecule has 3 saturated heterocycles. The number of ketones is 1. The Morgan fingerprint density at radius 3 is 2.23 bits per heavy atom. The average Bonchev–Trinajstić information content (AvgIpc) is 2.74. The third-order valence-electron chi connectivity index (χ3n) is 15.1. The Bertz CT molecular complexity index is 3560. The number of aromatic nitrogens is 1. The van der Waals surface area contributed by atoms with E-state index < -0.39 is 80.3 Å². The highest BCUT2D eigenvalue weighted by Crippen LogP contribution is 2.48. The standard InChI is InChI=1S/C61H72ClFN6O11S2/c1-58(2,3)54-48-44(70)22-19-40-39(18-20-42(47(40)48)69(54)43-21-23-45(71)66-55(43)73)34-24-27-67(28-25-34)57(75)65-41-17-13-15-36(50(41)63)33-82(76,77)68-29-26-38(31-61(68,10)11)64-37-16-12-14-35(30-37)52-49(62)51(78-32-46(72)79-59(4,5)6)53(81-52)56(74)80-60(7,8)9/h12-20,22,30,34,38,43,64H,21,23-29,31-33H2,1-11H3,(H,65,75)(H,66,71,73)/t38-,43?/m0/s1. The van der Waals surface area contributed by atoms with E-state index in [9.17, 15) is 37.2 Å². The Labute approximate surface area is 487 Å². The Kier molecular flexibility index (Phi) is 16.5. The van der Waals surface area contributed by atoms with Gasteiger partial charge in [0.15, 0.2) is 28.8 Å². The monoisotopic (exact) mass is 1180 g/mol. The number of likely N-dealkylation sites (tertiary alicyclic amines) is 1. The van der Waals surface area contributed by atoms with Crippen molar-refractivity contribution in [2.75, 3.05) is 36.9 Å². The van der Waals surface area contributed by atoms with E-state index in [0.717, 1.165) is 39.1 Å². The number of esters is 2. The number of ether oxygens (including phenoxy) is 3. The molecule has 21 heteroatoms. The molecule has 82 heavy (non-hydrogen) atoms. The van der Waals surface area contributed by atoms with Gasteiger partial charge in [-0.15, -0.1) is 11.3 Å². The van der Waals surface area contributed by atoms with Crippen LogP contribution < -0.4 is 20.7 Å². The maximum atomic E-state index is 16.4. The predicted molar refractivity (Wildman–Crippen MR) is 316 cm³/mol. The van der Waals surface area contributed by atoms with Crippen molar-refractivity contribution in [3.8, 4) is 16.2 Å². The van der Waals surface area contributed by atoms with Crippen molar-refractivity contribution in [1.82, 2.24) is 19.1 Å². The van der Waals surface area contributed by atoms with Crippen LogP contribution in [0.25, 0.3) is 27.4 Å². The molecule has 17 nitrogen and oxygen atoms in total. The molecular formula is C61H72ClFN6O11S2. The van der Waals surface area contributed by atoms with Gasteiger partial charge in [0.05, 0.1) is 27.4 Å². The molecule has 3 fully saturated rings. The quantitative estimate of drug-likeness (QED) is 0.0742. The van der Waals surface area contributed by atoms with Crippen LogP contribution in [0, 0.1) is 5.82 Å². The number of benzene rings is 3. The Morgan fingerprint density at radius 2 is 1.57 bits per heavy atom. The van der Waals surface area contributed by atoms with Crippen molar-refractivity contribution in [1.29, 1.82) is 0 Å². The van der Waals surface area contributed by atoms with Crippen LogP contribution in [0.2, 0.25) is 5.02 Å². The van der Waals surface area contributed by atoms with Gasteiger partial charge in [-0.25, -0.2) is 27.2 Å². The normalized spacial score (nSPS) is 19.0. The molecule has 4 amide bonds. The number of thiophene rings is 1. The average molecular weight is 1180 g/mol. The number of nitrogens with one attached hydrogen (secondary N) is 3. The van der Waals surface area contributed by atoms with Gasteiger partial charge < -0.3 is 34.3 Å². The number of carbonyl (C=O) groups is 6. The molecule has 1 unspecified atom stereocenters. The molecule has 3 N–H and O–H groups in total. The fourth-order valence-corrected chi connectivity index (χ4v) is 15.2. The minimum absolute atomic E-state index is 0.00615. The van der Waals surface area contributed by atoms with E-state index in [-0.39, 0.29) is 63.5 Å². The number of hydrogen-bond donors (Lipinski definition) is 3. The van der Waals surface area contributed by atoms with Crippen LogP contribution >= 0.6 is 22.9 Å². The molecule has 0 bridgehead atoms. The molecule has 2 aromatic heterocycles. The maximum Gasteiger partial charge on any atom is 0.352 e. The van der Waals surface area contributed by atoms with E-state index in [4.69, 9.17) is 25.8 Å². The number of imide groups is 1. The molecule has 1 aliphatic carbocycles. The van der Waals surface area contributed by atoms with Gasteiger partial charge in [-0.1, -0.05) is 68.8 Å². The molecule has 438 valence electrons. The topological polar surface area (TPSA) is 212 Å². The van der Waals surface area contributed by atoms with Crippen LogP contribution in [0.3, 0.4) is 0 Å². The smallest absolute Gasteiger partial charge is 0.352 e. The summed E-state index contributed by atoms with van der Waals surface area (Å²) in [5.74, 6) is -3.61. The van der Waals surface area contributed by atoms with Crippen molar-refractivity contribution in [3.05, 3.63) is 104 Å². The van der Waals surface area contributed by atoms with E-state index >= 15 is 4.39 Å². The van der Waals surface area contributed by atoms with Gasteiger partial charge >= 0.3 is 18.0 Å². The van der Waals surface area contributed by atoms with Crippen LogP contribution in [0.1, 0.15) is 169 Å². The third kappa shape index (κ3) is 12.6. The fraction of sp³-hybridized carbons (Fsp3) is 0.475. The number of piperidine rings is 3. The number of urea groups is 1. The number of allylic oxidation sites excluding steroid dienone is 1. The molecule has 2 atom stereocenters. The summed E-state index contributed by atoms with van der Waals surface area (Å²) < 4.78 is 65.2. The van der Waals surface area contributed by atoms with Gasteiger partial charge in [0, 0.05) is 65.4 Å². The molecule has 0 radical (unpaired) electrons. The van der Waals surface area contributed by atoms with E-state index in [0.29, 0.717) is 66.9 Å². The SMILES string of the molecule is CC(C)(C)OC(=O)COc1c(C(=O)OC(C)(C)C)sc(-c2cccc(N[C@H]3CCN(S(=O)(=O)Cc4cccc(NC(=O)N5CCC(c6ccc7c8c6C=CC(=O)c8c(C(C)(C)C)n7C6CCC(=O)NC6=O)CC5)c4F)C(C)(C)C3)c2)c1Cl. The zero-order valence-electron chi connectivity index (χ0n) is 48.3. The van der Waals surface area contributed by atoms with Crippen LogP contribution in [0.5, 0.6) is 5.75 Å². The number of carbonyl (C=O) groups excluding carboxylic acids is 6. The van der Waals surface area contributed by atoms with Gasteiger partial charge in [0.25, 0.3) is 0 Å². The summed E-state index contributed by atoms with van der Waals surface area (Å²) in [5, 5.41) is 9.64. The second-order valence-corrected chi connectivity index (χ2v) is 28.6. The summed E-state index contributed by atoms with van der Waals surface area (Å²) in [5.41, 5.74) is 2.13. The Balaban J connectivity index is 0.838. The first-order chi connectivity index (χ1) is 38.3. The summed E-state index contributed by atoms with van der Waals surface area (Å²) in [6.45, 7) is 20.5. The summed E-state index contributed by atoms with van der Waals surface area (Å²) in [6, 6.07) is 14.4. The molecule has 5 aromatic rings. The number of sulfonamides is 1. The van der Waals surface area contributed by atoms with Gasteiger partial charge in [-0.3, -0.25) is 19.7 Å². The molecule has 9 rings (SSSR count). The highest BCUT2D eigenvalue weighted by atomic mass is 35.5. The van der Waals surface area contributed by atoms with E-state index in [2.05, 4.69) is 16.0 Å². The Morgan fingerprint density at radius 1 is 0.878 bits per heavy atom. The highest BCUT2D eigenvalue weighted by Gasteiger charge is 2.43. The molecular weight excluding hydrogens is 1110 g/mol. The first-order valence-electron chi connectivity index (χ1n) is 27.7. The lowest BCUT2D eigenvalue weighted by Crippen LogP contribution is -2.55. The number of rotatable bonds is 13. The second kappa shape index (κ2) is 22.5. The van der Waals surface area contributed by atoms with Gasteiger partial charge in [-0.2, -0.15) is 4.31 Å². The molecule has 5 heterocycles. The minimum Gasteiger partial charge on any atom is -0.479 e. The fourth-order valence-electron chi connectivity index (χ4n) is 11.8. The lowest BCUT2D eigenvalue weighted by atomic mass is 9.81. The zero-order valence-corrected chi connectivity index (χ0v) is 50.7. The van der Waals surface area contributed by atoms with Crippen LogP contribution in [0.15, 0.2) is 60.7 Å². The zero-order chi connectivity index (χ0) is 59.6. The largest absolute Gasteiger partial charge is 0.479 e. The van der Waals surface area contributed by atoms with Gasteiger partial charge in [0.1, 0.15) is 22.3 Å². The van der Waals surface area contributed by atoms with E-state index in [1.54, 1.807) is 52.5 Å².